The number of nitrogens with zero attached hydrogens (tertiary/aromatic N) is 3. The third kappa shape index (κ3) is 3.36. The monoisotopic (exact) mass is 295 g/mol. The van der Waals surface area contributed by atoms with Gasteiger partial charge in [0, 0.05) is 29.8 Å². The second kappa shape index (κ2) is 6.73. The maximum absolute atomic E-state index is 10.6. The second-order valence-electron chi connectivity index (χ2n) is 4.00. The predicted octanol–water partition coefficient (Wildman–Crippen LogP) is 3.02. The minimum atomic E-state index is 0.655. The van der Waals surface area contributed by atoms with Crippen LogP contribution in [0.4, 0.5) is 0 Å². The van der Waals surface area contributed by atoms with Crippen molar-refractivity contribution in [1.29, 1.82) is 0 Å². The van der Waals surface area contributed by atoms with Crippen LogP contribution in [0.2, 0.25) is 0 Å². The third-order valence-electron chi connectivity index (χ3n) is 2.65. The summed E-state index contributed by atoms with van der Waals surface area (Å²) in [4.78, 5) is 10.6. The van der Waals surface area contributed by atoms with Gasteiger partial charge in [-0.15, -0.1) is 21.8 Å². The Hall–Kier alpha value is -1.33. The molecular weight excluding hydrogens is 282 g/mol. The van der Waals surface area contributed by atoms with Crippen molar-refractivity contribution in [2.24, 2.45) is 7.05 Å². The molecule has 6 heteroatoms. The smallest absolute Gasteiger partial charge is 0.191 e. The summed E-state index contributed by atoms with van der Waals surface area (Å²) < 4.78 is 1.95. The van der Waals surface area contributed by atoms with Crippen molar-refractivity contribution in [2.45, 2.75) is 11.6 Å². The number of hydrogen-bond acceptors (Lipinski definition) is 4. The number of carbonyl (C=O) groups is 1. The van der Waals surface area contributed by atoms with Crippen LogP contribution in [0.15, 0.2) is 29.4 Å². The van der Waals surface area contributed by atoms with Crippen molar-refractivity contribution in [3.8, 4) is 11.4 Å². The zero-order chi connectivity index (χ0) is 13.7. The molecule has 100 valence electrons. The molecule has 2 aromatic rings. The van der Waals surface area contributed by atoms with E-state index in [2.05, 4.69) is 10.2 Å². The standard InChI is InChI=1S/C13H14ClN3OS/c1-17-12(11-5-3-10(9-18)4-6-11)15-16-13(17)19-8-2-7-14/h3-6,9H,2,7-8H2,1H3. The van der Waals surface area contributed by atoms with Crippen molar-refractivity contribution >= 4 is 29.6 Å². The molecule has 19 heavy (non-hydrogen) atoms. The zero-order valence-corrected chi connectivity index (χ0v) is 12.1. The Morgan fingerprint density at radius 2 is 2.05 bits per heavy atom. The van der Waals surface area contributed by atoms with Gasteiger partial charge < -0.3 is 4.57 Å². The van der Waals surface area contributed by atoms with Crippen LogP contribution in [0.25, 0.3) is 11.4 Å². The average molecular weight is 296 g/mol. The first kappa shape index (κ1) is 14.1. The quantitative estimate of drug-likeness (QED) is 0.356. The molecule has 0 amide bonds. The van der Waals surface area contributed by atoms with E-state index in [0.717, 1.165) is 35.0 Å². The fraction of sp³-hybridized carbons (Fsp3) is 0.308. The van der Waals surface area contributed by atoms with Crippen LogP contribution < -0.4 is 0 Å². The summed E-state index contributed by atoms with van der Waals surface area (Å²) >= 11 is 7.30. The highest BCUT2D eigenvalue weighted by atomic mass is 35.5. The number of benzene rings is 1. The van der Waals surface area contributed by atoms with Gasteiger partial charge in [-0.3, -0.25) is 4.79 Å². The van der Waals surface area contributed by atoms with Gasteiger partial charge in [0.1, 0.15) is 6.29 Å². The number of rotatable bonds is 6. The molecule has 0 unspecified atom stereocenters. The van der Waals surface area contributed by atoms with E-state index in [1.165, 1.54) is 0 Å². The molecule has 1 heterocycles. The summed E-state index contributed by atoms with van der Waals surface area (Å²) in [5.41, 5.74) is 1.60. The largest absolute Gasteiger partial charge is 0.305 e. The molecule has 0 N–H and O–H groups in total. The number of halogens is 1. The maximum atomic E-state index is 10.6. The summed E-state index contributed by atoms with van der Waals surface area (Å²) in [6, 6.07) is 7.30. The van der Waals surface area contributed by atoms with Crippen molar-refractivity contribution in [2.75, 3.05) is 11.6 Å². The zero-order valence-electron chi connectivity index (χ0n) is 10.5. The fourth-order valence-corrected chi connectivity index (χ4v) is 2.76. The minimum Gasteiger partial charge on any atom is -0.305 e. The highest BCUT2D eigenvalue weighted by Gasteiger charge is 2.10. The number of carbonyl (C=O) groups excluding carboxylic acids is 1. The SMILES string of the molecule is Cn1c(SCCCCl)nnc1-c1ccc(C=O)cc1. The molecule has 0 aliphatic rings. The van der Waals surface area contributed by atoms with Gasteiger partial charge in [0.25, 0.3) is 0 Å². The summed E-state index contributed by atoms with van der Waals surface area (Å²) in [7, 11) is 1.94. The number of alkyl halides is 1. The van der Waals surface area contributed by atoms with E-state index in [9.17, 15) is 4.79 Å². The van der Waals surface area contributed by atoms with E-state index in [-0.39, 0.29) is 0 Å². The lowest BCUT2D eigenvalue weighted by Gasteiger charge is -2.03. The Balaban J connectivity index is 2.18. The molecule has 0 bridgehead atoms. The molecule has 0 saturated carbocycles. The normalized spacial score (nSPS) is 10.6. The van der Waals surface area contributed by atoms with Crippen molar-refractivity contribution in [3.05, 3.63) is 29.8 Å². The van der Waals surface area contributed by atoms with Gasteiger partial charge in [-0.2, -0.15) is 0 Å². The van der Waals surface area contributed by atoms with Crippen LogP contribution in [0.3, 0.4) is 0 Å². The first-order valence-corrected chi connectivity index (χ1v) is 7.42. The van der Waals surface area contributed by atoms with Crippen LogP contribution >= 0.6 is 23.4 Å². The minimum absolute atomic E-state index is 0.655. The summed E-state index contributed by atoms with van der Waals surface area (Å²) in [5.74, 6) is 2.38. The number of aldehydes is 1. The van der Waals surface area contributed by atoms with Gasteiger partial charge in [0.15, 0.2) is 11.0 Å². The first-order chi connectivity index (χ1) is 9.26. The Kier molecular flexibility index (Phi) is 4.99. The lowest BCUT2D eigenvalue weighted by Crippen LogP contribution is -1.95. The molecule has 0 atom stereocenters. The van der Waals surface area contributed by atoms with Crippen molar-refractivity contribution < 1.29 is 4.79 Å². The lowest BCUT2D eigenvalue weighted by atomic mass is 10.1. The number of thioether (sulfide) groups is 1. The highest BCUT2D eigenvalue weighted by Crippen LogP contribution is 2.23. The van der Waals surface area contributed by atoms with Gasteiger partial charge in [-0.1, -0.05) is 36.0 Å². The van der Waals surface area contributed by atoms with E-state index < -0.39 is 0 Å². The molecule has 0 radical (unpaired) electrons. The Morgan fingerprint density at radius 1 is 1.32 bits per heavy atom. The Morgan fingerprint density at radius 3 is 2.68 bits per heavy atom. The number of hydrogen-bond donors (Lipinski definition) is 0. The highest BCUT2D eigenvalue weighted by molar-refractivity contribution is 7.99. The molecule has 0 aliphatic carbocycles. The van der Waals surface area contributed by atoms with E-state index in [4.69, 9.17) is 11.6 Å². The fourth-order valence-electron chi connectivity index (χ4n) is 1.62. The molecule has 2 rings (SSSR count). The van der Waals surface area contributed by atoms with Crippen LogP contribution in [0, 0.1) is 0 Å². The second-order valence-corrected chi connectivity index (χ2v) is 5.44. The van der Waals surface area contributed by atoms with Crippen LogP contribution in [-0.2, 0) is 7.05 Å². The van der Waals surface area contributed by atoms with E-state index in [1.807, 2.05) is 23.7 Å². The van der Waals surface area contributed by atoms with Gasteiger partial charge in [0.2, 0.25) is 0 Å². The van der Waals surface area contributed by atoms with Crippen LogP contribution in [0.1, 0.15) is 16.8 Å². The van der Waals surface area contributed by atoms with Gasteiger partial charge in [-0.25, -0.2) is 0 Å². The Labute approximate surface area is 121 Å². The molecule has 0 aliphatic heterocycles. The van der Waals surface area contributed by atoms with Gasteiger partial charge in [0.05, 0.1) is 0 Å². The molecule has 0 spiro atoms. The maximum Gasteiger partial charge on any atom is 0.191 e. The first-order valence-electron chi connectivity index (χ1n) is 5.90. The molecular formula is C13H14ClN3OS. The van der Waals surface area contributed by atoms with Crippen molar-refractivity contribution in [1.82, 2.24) is 14.8 Å². The van der Waals surface area contributed by atoms with Gasteiger partial charge in [-0.05, 0) is 6.42 Å². The summed E-state index contributed by atoms with van der Waals surface area (Å²) in [5, 5.41) is 9.24. The summed E-state index contributed by atoms with van der Waals surface area (Å²) in [6.07, 6.45) is 1.77. The van der Waals surface area contributed by atoms with E-state index in [0.29, 0.717) is 11.4 Å². The molecule has 4 nitrogen and oxygen atoms in total. The molecule has 0 saturated heterocycles. The average Bonchev–Trinajstić information content (AvgIpc) is 2.81. The van der Waals surface area contributed by atoms with E-state index in [1.54, 1.807) is 23.9 Å². The molecule has 1 aromatic carbocycles. The molecule has 0 fully saturated rings. The van der Waals surface area contributed by atoms with E-state index >= 15 is 0 Å². The molecule has 1 aromatic heterocycles. The lowest BCUT2D eigenvalue weighted by molar-refractivity contribution is 0.112. The van der Waals surface area contributed by atoms with Crippen LogP contribution in [0.5, 0.6) is 0 Å². The summed E-state index contributed by atoms with van der Waals surface area (Å²) in [6.45, 7) is 0. The third-order valence-corrected chi connectivity index (χ3v) is 4.02. The number of aromatic nitrogens is 3. The Bertz CT molecular complexity index is 554. The topological polar surface area (TPSA) is 47.8 Å². The van der Waals surface area contributed by atoms with Gasteiger partial charge >= 0.3 is 0 Å². The van der Waals surface area contributed by atoms with Crippen LogP contribution in [-0.4, -0.2) is 32.7 Å². The van der Waals surface area contributed by atoms with Crippen molar-refractivity contribution in [3.63, 3.8) is 0 Å². The predicted molar refractivity (Wildman–Crippen MR) is 77.9 cm³/mol.